The lowest BCUT2D eigenvalue weighted by atomic mass is 10.2. The number of para-hydroxylation sites is 2. The minimum absolute atomic E-state index is 0.0123. The van der Waals surface area contributed by atoms with Crippen molar-refractivity contribution < 1.29 is 9.72 Å². The molecule has 3 rings (SSSR count). The van der Waals surface area contributed by atoms with Gasteiger partial charge in [0.05, 0.1) is 21.2 Å². The van der Waals surface area contributed by atoms with Crippen molar-refractivity contribution in [2.75, 3.05) is 5.32 Å². The van der Waals surface area contributed by atoms with E-state index < -0.39 is 4.92 Å². The van der Waals surface area contributed by atoms with Gasteiger partial charge in [-0.15, -0.1) is 0 Å². The second-order valence-electron chi connectivity index (χ2n) is 5.37. The van der Waals surface area contributed by atoms with Crippen molar-refractivity contribution in [1.82, 2.24) is 9.97 Å². The van der Waals surface area contributed by atoms with Crippen LogP contribution in [0.5, 0.6) is 0 Å². The van der Waals surface area contributed by atoms with Crippen molar-refractivity contribution in [1.29, 1.82) is 0 Å². The zero-order valence-electron chi connectivity index (χ0n) is 13.4. The van der Waals surface area contributed by atoms with E-state index in [2.05, 4.69) is 15.3 Å². The van der Waals surface area contributed by atoms with Gasteiger partial charge in [0.2, 0.25) is 5.91 Å². The van der Waals surface area contributed by atoms with Crippen molar-refractivity contribution in [2.24, 2.45) is 0 Å². The van der Waals surface area contributed by atoms with Crippen molar-refractivity contribution in [3.05, 3.63) is 58.6 Å². The van der Waals surface area contributed by atoms with E-state index in [-0.39, 0.29) is 16.8 Å². The van der Waals surface area contributed by atoms with Gasteiger partial charge in [0.1, 0.15) is 0 Å². The van der Waals surface area contributed by atoms with Gasteiger partial charge in [-0.25, -0.2) is 4.98 Å². The molecule has 1 amide bonds. The van der Waals surface area contributed by atoms with Crippen LogP contribution in [0.25, 0.3) is 11.0 Å². The Kier molecular flexibility index (Phi) is 4.99. The van der Waals surface area contributed by atoms with Crippen LogP contribution in [0.2, 0.25) is 0 Å². The number of rotatable bonds is 6. The molecule has 1 aromatic heterocycles. The third-order valence-electron chi connectivity index (χ3n) is 3.63. The quantitative estimate of drug-likeness (QED) is 0.395. The molecule has 7 nitrogen and oxygen atoms in total. The molecule has 2 N–H and O–H groups in total. The fourth-order valence-corrected chi connectivity index (χ4v) is 3.25. The van der Waals surface area contributed by atoms with Crippen LogP contribution in [0.4, 0.5) is 11.4 Å². The Balaban J connectivity index is 1.69. The average molecular weight is 356 g/mol. The molecule has 3 aromatic rings. The summed E-state index contributed by atoms with van der Waals surface area (Å²) in [5, 5.41) is 13.8. The number of aromatic nitrogens is 2. The lowest BCUT2D eigenvalue weighted by Gasteiger charge is -2.13. The standard InChI is InChI=1S/C17H16N4O3S/c1-2-15(25-17-19-13-5-3-4-6-14(13)20-17)16(22)18-11-7-9-12(10-8-11)21(23)24/h3-10,15H,2H2,1H3,(H,18,22)(H,19,20)/t15-/m0/s1. The number of thioether (sulfide) groups is 1. The Morgan fingerprint density at radius 3 is 2.64 bits per heavy atom. The van der Waals surface area contributed by atoms with Crippen LogP contribution in [0, 0.1) is 10.1 Å². The lowest BCUT2D eigenvalue weighted by molar-refractivity contribution is -0.384. The van der Waals surface area contributed by atoms with Crippen molar-refractivity contribution in [3.63, 3.8) is 0 Å². The summed E-state index contributed by atoms with van der Waals surface area (Å²) in [7, 11) is 0. The van der Waals surface area contributed by atoms with Gasteiger partial charge >= 0.3 is 0 Å². The minimum Gasteiger partial charge on any atom is -0.333 e. The number of nitrogens with zero attached hydrogens (tertiary/aromatic N) is 2. The molecule has 0 bridgehead atoms. The summed E-state index contributed by atoms with van der Waals surface area (Å²) in [4.78, 5) is 30.3. The van der Waals surface area contributed by atoms with Crippen LogP contribution >= 0.6 is 11.8 Å². The largest absolute Gasteiger partial charge is 0.333 e. The predicted molar refractivity (Wildman–Crippen MR) is 97.8 cm³/mol. The molecule has 0 aliphatic carbocycles. The first-order chi connectivity index (χ1) is 12.1. The molecule has 0 aliphatic heterocycles. The summed E-state index contributed by atoms with van der Waals surface area (Å²) in [6.45, 7) is 1.93. The Morgan fingerprint density at radius 1 is 1.28 bits per heavy atom. The monoisotopic (exact) mass is 356 g/mol. The SMILES string of the molecule is CC[C@H](Sc1nc2ccccc2[nH]1)C(=O)Nc1ccc([N+](=O)[O-])cc1. The molecular formula is C17H16N4O3S. The number of nitro groups is 1. The molecule has 0 saturated heterocycles. The topological polar surface area (TPSA) is 101 Å². The molecule has 2 aromatic carbocycles. The number of carbonyl (C=O) groups excluding carboxylic acids is 1. The van der Waals surface area contributed by atoms with Crippen LogP contribution in [-0.2, 0) is 4.79 Å². The van der Waals surface area contributed by atoms with Gasteiger partial charge in [0.15, 0.2) is 5.16 Å². The van der Waals surface area contributed by atoms with E-state index in [1.165, 1.54) is 36.0 Å². The number of aromatic amines is 1. The zero-order valence-corrected chi connectivity index (χ0v) is 14.2. The third kappa shape index (κ3) is 3.97. The number of benzene rings is 2. The molecular weight excluding hydrogens is 340 g/mol. The van der Waals surface area contributed by atoms with Gasteiger partial charge in [-0.3, -0.25) is 14.9 Å². The summed E-state index contributed by atoms with van der Waals surface area (Å²) in [5.41, 5.74) is 2.30. The molecule has 0 spiro atoms. The maximum absolute atomic E-state index is 12.5. The molecule has 1 atom stereocenters. The smallest absolute Gasteiger partial charge is 0.269 e. The normalized spacial score (nSPS) is 12.0. The molecule has 8 heteroatoms. The summed E-state index contributed by atoms with van der Waals surface area (Å²) in [6.07, 6.45) is 0.626. The molecule has 0 radical (unpaired) electrons. The lowest BCUT2D eigenvalue weighted by Crippen LogP contribution is -2.24. The molecule has 0 saturated carbocycles. The third-order valence-corrected chi connectivity index (χ3v) is 4.88. The highest BCUT2D eigenvalue weighted by atomic mass is 32.2. The second kappa shape index (κ2) is 7.35. The first-order valence-electron chi connectivity index (χ1n) is 7.73. The minimum atomic E-state index is -0.474. The van der Waals surface area contributed by atoms with Gasteiger partial charge in [-0.2, -0.15) is 0 Å². The highest BCUT2D eigenvalue weighted by molar-refractivity contribution is 8.00. The van der Waals surface area contributed by atoms with Crippen molar-refractivity contribution in [2.45, 2.75) is 23.8 Å². The van der Waals surface area contributed by atoms with Gasteiger partial charge in [-0.1, -0.05) is 30.8 Å². The number of amides is 1. The van der Waals surface area contributed by atoms with Crippen LogP contribution < -0.4 is 5.32 Å². The highest BCUT2D eigenvalue weighted by Gasteiger charge is 2.20. The molecule has 0 fully saturated rings. The number of H-pyrrole nitrogens is 1. The van der Waals surface area contributed by atoms with Gasteiger partial charge in [-0.05, 0) is 30.7 Å². The average Bonchev–Trinajstić information content (AvgIpc) is 3.02. The summed E-state index contributed by atoms with van der Waals surface area (Å²) in [5.74, 6) is -0.165. The molecule has 128 valence electrons. The molecule has 0 aliphatic rings. The molecule has 1 heterocycles. The zero-order chi connectivity index (χ0) is 17.8. The Morgan fingerprint density at radius 2 is 2.00 bits per heavy atom. The number of imidazole rings is 1. The van der Waals surface area contributed by atoms with Crippen LogP contribution in [-0.4, -0.2) is 26.0 Å². The summed E-state index contributed by atoms with van der Waals surface area (Å²) in [6, 6.07) is 13.5. The first-order valence-corrected chi connectivity index (χ1v) is 8.61. The van der Waals surface area contributed by atoms with Crippen molar-refractivity contribution in [3.8, 4) is 0 Å². The number of hydrogen-bond donors (Lipinski definition) is 2. The van der Waals surface area contributed by atoms with Crippen LogP contribution in [0.1, 0.15) is 13.3 Å². The predicted octanol–water partition coefficient (Wildman–Crippen LogP) is 3.98. The van der Waals surface area contributed by atoms with Gasteiger partial charge in [0.25, 0.3) is 5.69 Å². The maximum atomic E-state index is 12.5. The van der Waals surface area contributed by atoms with Crippen molar-refractivity contribution >= 4 is 40.1 Å². The van der Waals surface area contributed by atoms with E-state index in [9.17, 15) is 14.9 Å². The Bertz CT molecular complexity index is 875. The summed E-state index contributed by atoms with van der Waals surface area (Å²) >= 11 is 1.36. The van der Waals surface area contributed by atoms with Crippen LogP contribution in [0.15, 0.2) is 53.7 Å². The Labute approximate surface area is 148 Å². The fraction of sp³-hybridized carbons (Fsp3) is 0.176. The van der Waals surface area contributed by atoms with E-state index in [1.807, 2.05) is 31.2 Å². The Hall–Kier alpha value is -2.87. The molecule has 0 unspecified atom stereocenters. The van der Waals surface area contributed by atoms with E-state index >= 15 is 0 Å². The van der Waals surface area contributed by atoms with E-state index in [4.69, 9.17) is 0 Å². The number of fused-ring (bicyclic) bond motifs is 1. The van der Waals surface area contributed by atoms with Gasteiger partial charge in [0, 0.05) is 17.8 Å². The first kappa shape index (κ1) is 17.0. The summed E-state index contributed by atoms with van der Waals surface area (Å²) < 4.78 is 0. The number of non-ortho nitro benzene ring substituents is 1. The number of nitro benzene ring substituents is 1. The number of anilines is 1. The second-order valence-corrected chi connectivity index (χ2v) is 6.56. The fourth-order valence-electron chi connectivity index (χ4n) is 2.33. The number of hydrogen-bond acceptors (Lipinski definition) is 5. The van der Waals surface area contributed by atoms with Gasteiger partial charge < -0.3 is 10.3 Å². The number of carbonyl (C=O) groups is 1. The van der Waals surface area contributed by atoms with E-state index in [1.54, 1.807) is 0 Å². The number of nitrogens with one attached hydrogen (secondary N) is 2. The van der Waals surface area contributed by atoms with E-state index in [0.717, 1.165) is 11.0 Å². The maximum Gasteiger partial charge on any atom is 0.269 e. The van der Waals surface area contributed by atoms with E-state index in [0.29, 0.717) is 17.3 Å². The van der Waals surface area contributed by atoms with Crippen LogP contribution in [0.3, 0.4) is 0 Å². The highest BCUT2D eigenvalue weighted by Crippen LogP contribution is 2.26. The molecule has 25 heavy (non-hydrogen) atoms.